The molecule has 1 heterocycles. The molecule has 204 valence electrons. The molecule has 0 aliphatic rings. The van der Waals surface area contributed by atoms with E-state index in [2.05, 4.69) is 10.6 Å². The van der Waals surface area contributed by atoms with Gasteiger partial charge in [0.2, 0.25) is 0 Å². The maximum atomic E-state index is 13.8. The molecule has 0 spiro atoms. The van der Waals surface area contributed by atoms with Crippen LogP contribution in [0.25, 0.3) is 0 Å². The van der Waals surface area contributed by atoms with Crippen molar-refractivity contribution in [3.8, 4) is 0 Å². The predicted octanol–water partition coefficient (Wildman–Crippen LogP) is 4.78. The van der Waals surface area contributed by atoms with E-state index < -0.39 is 29.7 Å². The van der Waals surface area contributed by atoms with Crippen LogP contribution in [0.5, 0.6) is 0 Å². The number of thiophene rings is 1. The smallest absolute Gasteiger partial charge is 0.263 e. The minimum absolute atomic E-state index is 0.0204. The number of carbonyl (C=O) groups is 2. The number of nitrogens with zero attached hydrogens (tertiary/aromatic N) is 1. The number of halogens is 2. The van der Waals surface area contributed by atoms with Gasteiger partial charge < -0.3 is 20.6 Å². The van der Waals surface area contributed by atoms with Crippen molar-refractivity contribution in [3.05, 3.63) is 93.2 Å². The average Bonchev–Trinajstić information content (AvgIpc) is 3.38. The van der Waals surface area contributed by atoms with Crippen LogP contribution in [0.3, 0.4) is 0 Å². The number of aliphatic hydroxyl groups excluding tert-OH is 1. The normalized spacial score (nSPS) is 12.7. The Balaban J connectivity index is 1.72. The second kappa shape index (κ2) is 14.7. The van der Waals surface area contributed by atoms with Crippen molar-refractivity contribution in [2.75, 3.05) is 19.6 Å². The predicted molar refractivity (Wildman–Crippen MR) is 146 cm³/mol. The average molecular weight is 544 g/mol. The van der Waals surface area contributed by atoms with Crippen LogP contribution in [0.15, 0.2) is 60.7 Å². The number of hydrogen-bond acceptors (Lipinski definition) is 5. The molecule has 6 nitrogen and oxygen atoms in total. The fraction of sp³-hybridized carbons (Fsp3) is 0.379. The van der Waals surface area contributed by atoms with E-state index in [1.807, 2.05) is 44.2 Å². The summed E-state index contributed by atoms with van der Waals surface area (Å²) in [5, 5.41) is 16.9. The first-order valence-electron chi connectivity index (χ1n) is 12.9. The Kier molecular flexibility index (Phi) is 11.4. The van der Waals surface area contributed by atoms with Gasteiger partial charge in [-0.15, -0.1) is 11.3 Å². The Morgan fingerprint density at radius 2 is 1.55 bits per heavy atom. The van der Waals surface area contributed by atoms with E-state index in [0.717, 1.165) is 35.8 Å². The van der Waals surface area contributed by atoms with Crippen molar-refractivity contribution in [1.82, 2.24) is 15.5 Å². The maximum Gasteiger partial charge on any atom is 0.263 e. The van der Waals surface area contributed by atoms with E-state index >= 15 is 0 Å². The van der Waals surface area contributed by atoms with Crippen LogP contribution in [-0.2, 0) is 13.0 Å². The molecule has 0 saturated carbocycles. The van der Waals surface area contributed by atoms with Crippen LogP contribution in [0.2, 0.25) is 0 Å². The first-order valence-corrected chi connectivity index (χ1v) is 13.7. The van der Waals surface area contributed by atoms with E-state index in [0.29, 0.717) is 35.0 Å². The zero-order valence-corrected chi connectivity index (χ0v) is 22.6. The fourth-order valence-electron chi connectivity index (χ4n) is 4.19. The molecule has 0 bridgehead atoms. The highest BCUT2D eigenvalue weighted by Gasteiger charge is 2.25. The number of nitrogens with one attached hydrogen (secondary N) is 2. The zero-order chi connectivity index (χ0) is 27.5. The molecule has 3 aromatic rings. The van der Waals surface area contributed by atoms with Gasteiger partial charge in [-0.3, -0.25) is 9.59 Å². The molecule has 2 unspecified atom stereocenters. The lowest BCUT2D eigenvalue weighted by atomic mass is 10.0. The van der Waals surface area contributed by atoms with Crippen LogP contribution in [0.4, 0.5) is 8.78 Å². The number of amides is 2. The monoisotopic (exact) mass is 543 g/mol. The van der Waals surface area contributed by atoms with Crippen molar-refractivity contribution in [2.24, 2.45) is 0 Å². The highest BCUT2D eigenvalue weighted by Crippen LogP contribution is 2.20. The third-order valence-electron chi connectivity index (χ3n) is 6.00. The van der Waals surface area contributed by atoms with Crippen molar-refractivity contribution >= 4 is 23.2 Å². The number of carbonyl (C=O) groups excluding carboxylic acids is 2. The summed E-state index contributed by atoms with van der Waals surface area (Å²) in [6.07, 6.45) is 0.651. The molecule has 9 heteroatoms. The van der Waals surface area contributed by atoms with Gasteiger partial charge >= 0.3 is 0 Å². The molecule has 1 aromatic heterocycles. The fourth-order valence-corrected chi connectivity index (χ4v) is 5.07. The summed E-state index contributed by atoms with van der Waals surface area (Å²) in [5.41, 5.74) is 1.34. The molecule has 0 fully saturated rings. The molecule has 2 aromatic carbocycles. The molecule has 0 radical (unpaired) electrons. The second-order valence-corrected chi connectivity index (χ2v) is 10.3. The summed E-state index contributed by atoms with van der Waals surface area (Å²) in [4.78, 5) is 28.6. The van der Waals surface area contributed by atoms with Gasteiger partial charge in [-0.2, -0.15) is 0 Å². The SMILES string of the molecule is CCCN(CCC)C(=O)c1ccc(C(=O)NC(Cc2cc(F)cc(F)c2)C(O)CNCc2ccccc2)s1. The highest BCUT2D eigenvalue weighted by atomic mass is 32.1. The number of hydrogen-bond donors (Lipinski definition) is 3. The summed E-state index contributed by atoms with van der Waals surface area (Å²) in [6, 6.07) is 15.2. The molecule has 0 aliphatic heterocycles. The lowest BCUT2D eigenvalue weighted by molar-refractivity contribution is 0.0760. The number of rotatable bonds is 14. The summed E-state index contributed by atoms with van der Waals surface area (Å²) in [6.45, 7) is 5.95. The number of aliphatic hydroxyl groups is 1. The lowest BCUT2D eigenvalue weighted by Gasteiger charge is -2.25. The molecule has 0 aliphatic carbocycles. The van der Waals surface area contributed by atoms with E-state index in [9.17, 15) is 23.5 Å². The van der Waals surface area contributed by atoms with E-state index in [-0.39, 0.29) is 18.9 Å². The topological polar surface area (TPSA) is 81.7 Å². The third-order valence-corrected chi connectivity index (χ3v) is 7.07. The molecule has 3 N–H and O–H groups in total. The quantitative estimate of drug-likeness (QED) is 0.273. The molecule has 38 heavy (non-hydrogen) atoms. The van der Waals surface area contributed by atoms with Gasteiger partial charge in [0.05, 0.1) is 21.9 Å². The van der Waals surface area contributed by atoms with Crippen LogP contribution in [0, 0.1) is 11.6 Å². The largest absolute Gasteiger partial charge is 0.390 e. The molecule has 2 amide bonds. The van der Waals surface area contributed by atoms with Crippen LogP contribution >= 0.6 is 11.3 Å². The van der Waals surface area contributed by atoms with E-state index in [1.54, 1.807) is 17.0 Å². The highest BCUT2D eigenvalue weighted by molar-refractivity contribution is 7.15. The van der Waals surface area contributed by atoms with Gasteiger partial charge in [-0.05, 0) is 54.7 Å². The number of benzene rings is 2. The van der Waals surface area contributed by atoms with Crippen molar-refractivity contribution in [3.63, 3.8) is 0 Å². The Bertz CT molecular complexity index is 1160. The lowest BCUT2D eigenvalue weighted by Crippen LogP contribution is -2.48. The summed E-state index contributed by atoms with van der Waals surface area (Å²) in [5.74, 6) is -2.04. The van der Waals surface area contributed by atoms with Crippen molar-refractivity contribution in [2.45, 2.75) is 51.8 Å². The molecule has 3 rings (SSSR count). The Morgan fingerprint density at radius 3 is 2.18 bits per heavy atom. The first kappa shape index (κ1) is 29.4. The molecule has 0 saturated heterocycles. The van der Waals surface area contributed by atoms with Crippen molar-refractivity contribution in [1.29, 1.82) is 0 Å². The molecular weight excluding hydrogens is 508 g/mol. The van der Waals surface area contributed by atoms with E-state index in [4.69, 9.17) is 0 Å². The van der Waals surface area contributed by atoms with Gasteiger partial charge in [0.15, 0.2) is 0 Å². The minimum Gasteiger partial charge on any atom is -0.390 e. The Labute approximate surface area is 226 Å². The van der Waals surface area contributed by atoms with Crippen molar-refractivity contribution < 1.29 is 23.5 Å². The van der Waals surface area contributed by atoms with Crippen LogP contribution in [-0.4, -0.2) is 53.6 Å². The van der Waals surface area contributed by atoms with Crippen LogP contribution in [0.1, 0.15) is 57.2 Å². The van der Waals surface area contributed by atoms with Gasteiger partial charge in [-0.1, -0.05) is 44.2 Å². The van der Waals surface area contributed by atoms with Gasteiger partial charge in [0.1, 0.15) is 11.6 Å². The molecular formula is C29H35F2N3O3S. The summed E-state index contributed by atoms with van der Waals surface area (Å²) >= 11 is 1.09. The Morgan fingerprint density at radius 1 is 0.921 bits per heavy atom. The standard InChI is InChI=1S/C29H35F2N3O3S/c1-3-12-34(13-4-2)29(37)27-11-10-26(38-27)28(36)33-24(16-21-14-22(30)17-23(31)15-21)25(35)19-32-18-20-8-6-5-7-9-20/h5-11,14-15,17,24-25,32,35H,3-4,12-13,16,18-19H2,1-2H3,(H,33,36). The van der Waals surface area contributed by atoms with Gasteiger partial charge in [0.25, 0.3) is 11.8 Å². The van der Waals surface area contributed by atoms with Crippen LogP contribution < -0.4 is 10.6 Å². The minimum atomic E-state index is -1.04. The Hall–Kier alpha value is -3.14. The second-order valence-electron chi connectivity index (χ2n) is 9.20. The van der Waals surface area contributed by atoms with Gasteiger partial charge in [0, 0.05) is 32.2 Å². The summed E-state index contributed by atoms with van der Waals surface area (Å²) in [7, 11) is 0. The first-order chi connectivity index (χ1) is 18.3. The summed E-state index contributed by atoms with van der Waals surface area (Å²) < 4.78 is 27.6. The van der Waals surface area contributed by atoms with Gasteiger partial charge in [-0.25, -0.2) is 8.78 Å². The maximum absolute atomic E-state index is 13.8. The third kappa shape index (κ3) is 8.72. The molecule has 2 atom stereocenters. The van der Waals surface area contributed by atoms with E-state index in [1.165, 1.54) is 12.1 Å². The zero-order valence-electron chi connectivity index (χ0n) is 21.8.